The minimum Gasteiger partial charge on any atom is -0.501 e. The molecule has 1 fully saturated rings. The normalized spacial score (nSPS) is 13.8. The Balaban J connectivity index is 1.50. The molecule has 0 atom stereocenters. The average molecular weight is 438 g/mol. The molecule has 2 aromatic heterocycles. The van der Waals surface area contributed by atoms with Crippen molar-refractivity contribution >= 4 is 17.7 Å². The first-order valence-electron chi connectivity index (χ1n) is 10.2. The summed E-state index contributed by atoms with van der Waals surface area (Å²) in [5.41, 5.74) is -0.361. The Hall–Kier alpha value is -3.95. The summed E-state index contributed by atoms with van der Waals surface area (Å²) in [5.74, 6) is -0.586. The molecule has 166 valence electrons. The second kappa shape index (κ2) is 9.04. The maximum atomic E-state index is 13.0. The number of pyridine rings is 1. The lowest BCUT2D eigenvalue weighted by molar-refractivity contribution is 0.0942. The van der Waals surface area contributed by atoms with Crippen LogP contribution in [0.5, 0.6) is 5.75 Å². The molecular weight excluding hydrogens is 415 g/mol. The zero-order valence-electron chi connectivity index (χ0n) is 17.5. The van der Waals surface area contributed by atoms with Crippen molar-refractivity contribution in [2.24, 2.45) is 7.05 Å². The Labute approximate surface area is 183 Å². The predicted molar refractivity (Wildman–Crippen MR) is 117 cm³/mol. The molecule has 32 heavy (non-hydrogen) atoms. The number of carbonyl (C=O) groups is 1. The van der Waals surface area contributed by atoms with Crippen molar-refractivity contribution in [2.45, 2.75) is 6.54 Å². The van der Waals surface area contributed by atoms with E-state index in [2.05, 4.69) is 20.2 Å². The number of nitrogens with zero attached hydrogens (tertiary/aromatic N) is 5. The molecule has 0 bridgehead atoms. The summed E-state index contributed by atoms with van der Waals surface area (Å²) < 4.78 is 14.3. The van der Waals surface area contributed by atoms with Crippen molar-refractivity contribution in [3.8, 4) is 5.75 Å². The van der Waals surface area contributed by atoms with Gasteiger partial charge in [-0.25, -0.2) is 14.4 Å². The minimum absolute atomic E-state index is 0.105. The number of anilines is 2. The van der Waals surface area contributed by atoms with Gasteiger partial charge in [0.05, 0.1) is 0 Å². The van der Waals surface area contributed by atoms with Gasteiger partial charge in [-0.3, -0.25) is 14.2 Å². The molecule has 1 aliphatic heterocycles. The fourth-order valence-electron chi connectivity index (χ4n) is 3.56. The maximum Gasteiger partial charge on any atom is 0.297 e. The Morgan fingerprint density at radius 1 is 1.09 bits per heavy atom. The second-order valence-corrected chi connectivity index (χ2v) is 7.44. The number of aromatic hydroxyl groups is 1. The Morgan fingerprint density at radius 2 is 1.78 bits per heavy atom. The van der Waals surface area contributed by atoms with E-state index in [-0.39, 0.29) is 18.1 Å². The number of aromatic nitrogens is 3. The Bertz CT molecular complexity index is 1160. The van der Waals surface area contributed by atoms with Crippen LogP contribution in [-0.2, 0) is 13.6 Å². The highest BCUT2D eigenvalue weighted by atomic mass is 19.1. The van der Waals surface area contributed by atoms with Gasteiger partial charge in [0.25, 0.3) is 11.5 Å². The molecule has 0 unspecified atom stereocenters. The molecule has 1 amide bonds. The highest BCUT2D eigenvalue weighted by Gasteiger charge is 2.25. The monoisotopic (exact) mass is 438 g/mol. The van der Waals surface area contributed by atoms with Gasteiger partial charge in [-0.2, -0.15) is 0 Å². The summed E-state index contributed by atoms with van der Waals surface area (Å²) in [6.45, 7) is 2.57. The van der Waals surface area contributed by atoms with Crippen LogP contribution in [0.4, 0.5) is 16.2 Å². The highest BCUT2D eigenvalue weighted by Crippen LogP contribution is 2.19. The van der Waals surface area contributed by atoms with Crippen LogP contribution in [0.1, 0.15) is 16.1 Å². The van der Waals surface area contributed by atoms with E-state index >= 15 is 0 Å². The topological polar surface area (TPSA) is 104 Å². The first-order valence-corrected chi connectivity index (χ1v) is 10.2. The van der Waals surface area contributed by atoms with E-state index in [1.807, 2.05) is 23.1 Å². The van der Waals surface area contributed by atoms with E-state index in [1.54, 1.807) is 18.3 Å². The molecule has 10 heteroatoms. The molecule has 3 aromatic rings. The van der Waals surface area contributed by atoms with Crippen molar-refractivity contribution in [1.82, 2.24) is 19.9 Å². The molecule has 1 saturated heterocycles. The average Bonchev–Trinajstić information content (AvgIpc) is 2.83. The van der Waals surface area contributed by atoms with Gasteiger partial charge in [-0.1, -0.05) is 18.2 Å². The van der Waals surface area contributed by atoms with Crippen LogP contribution >= 0.6 is 0 Å². The van der Waals surface area contributed by atoms with Gasteiger partial charge in [0.1, 0.15) is 11.6 Å². The van der Waals surface area contributed by atoms with Gasteiger partial charge in [-0.05, 0) is 29.8 Å². The van der Waals surface area contributed by atoms with E-state index in [9.17, 15) is 19.1 Å². The molecule has 2 N–H and O–H groups in total. The Morgan fingerprint density at radius 3 is 2.44 bits per heavy atom. The molecule has 1 aromatic carbocycles. The number of halogens is 1. The number of benzene rings is 1. The van der Waals surface area contributed by atoms with Crippen LogP contribution in [-0.4, -0.2) is 51.7 Å². The van der Waals surface area contributed by atoms with E-state index < -0.39 is 17.2 Å². The van der Waals surface area contributed by atoms with Crippen LogP contribution in [0.2, 0.25) is 0 Å². The van der Waals surface area contributed by atoms with Gasteiger partial charge in [-0.15, -0.1) is 0 Å². The number of amides is 1. The number of carbonyl (C=O) groups excluding carboxylic acids is 1. The molecule has 0 radical (unpaired) electrons. The summed E-state index contributed by atoms with van der Waals surface area (Å²) >= 11 is 0. The van der Waals surface area contributed by atoms with Crippen molar-refractivity contribution in [1.29, 1.82) is 0 Å². The van der Waals surface area contributed by atoms with Gasteiger partial charge in [0, 0.05) is 46.0 Å². The second-order valence-electron chi connectivity index (χ2n) is 7.44. The predicted octanol–water partition coefficient (Wildman–Crippen LogP) is 1.28. The van der Waals surface area contributed by atoms with Gasteiger partial charge >= 0.3 is 0 Å². The fourth-order valence-corrected chi connectivity index (χ4v) is 3.56. The smallest absolute Gasteiger partial charge is 0.297 e. The van der Waals surface area contributed by atoms with E-state index in [4.69, 9.17) is 0 Å². The largest absolute Gasteiger partial charge is 0.501 e. The van der Waals surface area contributed by atoms with Crippen molar-refractivity contribution in [2.75, 3.05) is 36.0 Å². The lowest BCUT2D eigenvalue weighted by Crippen LogP contribution is -2.48. The molecule has 1 aliphatic rings. The minimum atomic E-state index is -0.708. The summed E-state index contributed by atoms with van der Waals surface area (Å²) in [4.78, 5) is 37.9. The summed E-state index contributed by atoms with van der Waals surface area (Å²) in [6.07, 6.45) is 1.74. The van der Waals surface area contributed by atoms with Crippen LogP contribution < -0.4 is 20.7 Å². The van der Waals surface area contributed by atoms with Crippen LogP contribution in [0.15, 0.2) is 53.5 Å². The third kappa shape index (κ3) is 4.39. The van der Waals surface area contributed by atoms with E-state index in [0.717, 1.165) is 5.82 Å². The molecule has 4 rings (SSSR count). The van der Waals surface area contributed by atoms with E-state index in [1.165, 1.54) is 23.7 Å². The standard InChI is InChI=1S/C22H23FN6O3/c1-27-21(32)19(30)18(20(31)25-14-15-5-7-16(23)8-6-15)26-22(27)29-12-10-28(11-13-29)17-4-2-3-9-24-17/h2-9,30H,10-14H2,1H3,(H,25,31). The summed E-state index contributed by atoms with van der Waals surface area (Å²) in [6, 6.07) is 11.4. The van der Waals surface area contributed by atoms with Crippen molar-refractivity contribution in [3.63, 3.8) is 0 Å². The highest BCUT2D eigenvalue weighted by molar-refractivity contribution is 5.95. The fraction of sp³-hybridized carbons (Fsp3) is 0.273. The zero-order valence-corrected chi connectivity index (χ0v) is 17.5. The Kier molecular flexibility index (Phi) is 6.02. The summed E-state index contributed by atoms with van der Waals surface area (Å²) in [5, 5.41) is 12.9. The van der Waals surface area contributed by atoms with Crippen molar-refractivity contribution < 1.29 is 14.3 Å². The quantitative estimate of drug-likeness (QED) is 0.618. The van der Waals surface area contributed by atoms with Crippen LogP contribution in [0.3, 0.4) is 0 Å². The first-order chi connectivity index (χ1) is 15.4. The first kappa shape index (κ1) is 21.3. The molecule has 0 spiro atoms. The van der Waals surface area contributed by atoms with Gasteiger partial charge < -0.3 is 20.2 Å². The zero-order chi connectivity index (χ0) is 22.7. The number of nitrogens with one attached hydrogen (secondary N) is 1. The number of hydrogen-bond acceptors (Lipinski definition) is 7. The van der Waals surface area contributed by atoms with Gasteiger partial charge in [0.2, 0.25) is 11.7 Å². The SMILES string of the molecule is Cn1c(N2CCN(c3ccccn3)CC2)nc(C(=O)NCc2ccc(F)cc2)c(O)c1=O. The number of rotatable bonds is 5. The van der Waals surface area contributed by atoms with Crippen LogP contribution in [0.25, 0.3) is 0 Å². The molecule has 3 heterocycles. The number of piperazine rings is 1. The molecule has 9 nitrogen and oxygen atoms in total. The molecule has 0 aliphatic carbocycles. The van der Waals surface area contributed by atoms with E-state index in [0.29, 0.717) is 37.7 Å². The molecule has 0 saturated carbocycles. The third-order valence-corrected chi connectivity index (χ3v) is 5.36. The lowest BCUT2D eigenvalue weighted by Gasteiger charge is -2.36. The van der Waals surface area contributed by atoms with Crippen LogP contribution in [0, 0.1) is 5.82 Å². The van der Waals surface area contributed by atoms with Crippen molar-refractivity contribution in [3.05, 3.63) is 76.1 Å². The maximum absolute atomic E-state index is 13.0. The molecular formula is C22H23FN6O3. The lowest BCUT2D eigenvalue weighted by atomic mass is 10.2. The third-order valence-electron chi connectivity index (χ3n) is 5.36. The van der Waals surface area contributed by atoms with Gasteiger partial charge in [0.15, 0.2) is 5.69 Å². The number of hydrogen-bond donors (Lipinski definition) is 2. The summed E-state index contributed by atoms with van der Waals surface area (Å²) in [7, 11) is 1.51.